The number of halogens is 2. The molecule has 0 spiro atoms. The minimum Gasteiger partial charge on any atom is -1.00 e. The van der Waals surface area contributed by atoms with Gasteiger partial charge in [-0.2, -0.15) is 5.10 Å². The number of hydrazone groups is 1. The number of hydrogen-bond acceptors (Lipinski definition) is 4. The van der Waals surface area contributed by atoms with Gasteiger partial charge in [0.25, 0.3) is 0 Å². The van der Waals surface area contributed by atoms with Crippen molar-refractivity contribution in [3.63, 3.8) is 0 Å². The van der Waals surface area contributed by atoms with Gasteiger partial charge < -0.3 is 40.5 Å². The van der Waals surface area contributed by atoms with Crippen LogP contribution >= 0.6 is 0 Å². The van der Waals surface area contributed by atoms with Crippen molar-refractivity contribution in [1.29, 1.82) is 0 Å². The zero-order valence-corrected chi connectivity index (χ0v) is 10.5. The first-order valence-electron chi connectivity index (χ1n) is 3.39. The summed E-state index contributed by atoms with van der Waals surface area (Å²) in [6, 6.07) is 5.09. The van der Waals surface area contributed by atoms with Crippen LogP contribution in [-0.2, 0) is 17.1 Å². The van der Waals surface area contributed by atoms with E-state index in [-0.39, 0.29) is 47.6 Å². The summed E-state index contributed by atoms with van der Waals surface area (Å²) in [7, 11) is 1.48. The summed E-state index contributed by atoms with van der Waals surface area (Å²) >= 11 is 0. The zero-order valence-electron chi connectivity index (χ0n) is 7.82. The van der Waals surface area contributed by atoms with Crippen molar-refractivity contribution in [1.82, 2.24) is 0 Å². The van der Waals surface area contributed by atoms with Crippen molar-refractivity contribution < 1.29 is 51.7 Å². The second kappa shape index (κ2) is 9.93. The number of benzene rings is 1. The third-order valence-corrected chi connectivity index (χ3v) is 1.46. The van der Waals surface area contributed by atoms with E-state index in [4.69, 9.17) is 10.6 Å². The molecule has 0 heterocycles. The molecule has 85 valence electrons. The number of nitrogens with two attached hydrogens (primary N) is 1. The van der Waals surface area contributed by atoms with Crippen LogP contribution in [0, 0.1) is 0 Å². The normalized spacial score (nSPS) is 8.33. The number of phenols is 1. The topological polar surface area (TPSA) is 67.8 Å². The van der Waals surface area contributed by atoms with Crippen LogP contribution in [0.1, 0.15) is 5.56 Å². The fourth-order valence-corrected chi connectivity index (χ4v) is 0.888. The molecule has 0 aliphatic heterocycles. The van der Waals surface area contributed by atoms with Gasteiger partial charge >= 0.3 is 17.1 Å². The molecule has 1 aromatic rings. The number of phenolic OH excluding ortho intramolecular Hbond substituents is 1. The molecule has 0 aromatic heterocycles. The van der Waals surface area contributed by atoms with Crippen LogP contribution in [0.5, 0.6) is 11.5 Å². The molecule has 0 amide bonds. The number of hydrogen-bond donors (Lipinski definition) is 2. The van der Waals surface area contributed by atoms with Crippen LogP contribution in [-0.4, -0.2) is 18.4 Å². The van der Waals surface area contributed by atoms with Gasteiger partial charge in [0, 0.05) is 5.56 Å². The summed E-state index contributed by atoms with van der Waals surface area (Å²) in [6.07, 6.45) is 1.36. The fourth-order valence-electron chi connectivity index (χ4n) is 0.888. The van der Waals surface area contributed by atoms with Crippen LogP contribution in [0.2, 0.25) is 0 Å². The van der Waals surface area contributed by atoms with Crippen molar-refractivity contribution in [2.75, 3.05) is 7.11 Å². The predicted octanol–water partition coefficient (Wildman–Crippen LogP) is -5.30. The summed E-state index contributed by atoms with van der Waals surface area (Å²) in [5, 5.41) is 12.7. The Morgan fingerprint density at radius 2 is 2.00 bits per heavy atom. The van der Waals surface area contributed by atoms with E-state index in [1.54, 1.807) is 18.2 Å². The standard InChI is InChI=1S/C8H10N2O2.2ClH.Mn/c1-12-7-4-2-3-6(5-10-9)8(7)11;;;/h2-5,11H,9H2,1H3;2*1H;/q;;;+2/p-2. The van der Waals surface area contributed by atoms with E-state index >= 15 is 0 Å². The Kier molecular flexibility index (Phi) is 13.2. The van der Waals surface area contributed by atoms with E-state index in [1.165, 1.54) is 13.3 Å². The van der Waals surface area contributed by atoms with E-state index in [1.807, 2.05) is 0 Å². The van der Waals surface area contributed by atoms with Crippen LogP contribution in [0.25, 0.3) is 0 Å². The van der Waals surface area contributed by atoms with E-state index < -0.39 is 0 Å². The summed E-state index contributed by atoms with van der Waals surface area (Å²) in [4.78, 5) is 0. The van der Waals surface area contributed by atoms with Gasteiger partial charge in [-0.3, -0.25) is 0 Å². The number of aromatic hydroxyl groups is 1. The molecule has 1 rings (SSSR count). The van der Waals surface area contributed by atoms with Crippen LogP contribution in [0.4, 0.5) is 0 Å². The summed E-state index contributed by atoms with van der Waals surface area (Å²) in [5.74, 6) is 5.40. The zero-order chi connectivity index (χ0) is 8.97. The van der Waals surface area contributed by atoms with Crippen molar-refractivity contribution in [2.24, 2.45) is 10.9 Å². The number of ether oxygens (including phenoxy) is 1. The Bertz CT molecular complexity index is 311. The smallest absolute Gasteiger partial charge is 1.00 e. The molecule has 1 aromatic carbocycles. The van der Waals surface area contributed by atoms with Crippen molar-refractivity contribution in [3.05, 3.63) is 23.8 Å². The molecule has 0 fully saturated rings. The molecular weight excluding hydrogens is 282 g/mol. The molecule has 0 unspecified atom stereocenters. The summed E-state index contributed by atoms with van der Waals surface area (Å²) in [6.45, 7) is 0. The van der Waals surface area contributed by atoms with Gasteiger partial charge in [-0.15, -0.1) is 0 Å². The summed E-state index contributed by atoms with van der Waals surface area (Å²) < 4.78 is 4.88. The Morgan fingerprint density at radius 3 is 2.47 bits per heavy atom. The van der Waals surface area contributed by atoms with Gasteiger partial charge in [0.15, 0.2) is 11.5 Å². The third kappa shape index (κ3) is 5.14. The molecule has 4 nitrogen and oxygen atoms in total. The monoisotopic (exact) mass is 291 g/mol. The average Bonchev–Trinajstić information content (AvgIpc) is 2.09. The maximum Gasteiger partial charge on any atom is 2.00 e. The maximum absolute atomic E-state index is 9.45. The summed E-state index contributed by atoms with van der Waals surface area (Å²) in [5.41, 5.74) is 0.539. The molecule has 0 aliphatic rings. The molecular formula is C8H10Cl2MnN2O2. The van der Waals surface area contributed by atoms with Crippen LogP contribution in [0.15, 0.2) is 23.3 Å². The van der Waals surface area contributed by atoms with Gasteiger partial charge in [0.2, 0.25) is 0 Å². The Balaban J connectivity index is -0.000000480. The second-order valence-electron chi connectivity index (χ2n) is 2.18. The van der Waals surface area contributed by atoms with E-state index in [9.17, 15) is 5.11 Å². The molecule has 15 heavy (non-hydrogen) atoms. The van der Waals surface area contributed by atoms with E-state index in [2.05, 4.69) is 5.10 Å². The van der Waals surface area contributed by atoms with Gasteiger partial charge in [0.1, 0.15) is 0 Å². The van der Waals surface area contributed by atoms with Gasteiger partial charge in [-0.25, -0.2) is 0 Å². The first kappa shape index (κ1) is 19.9. The largest absolute Gasteiger partial charge is 2.00 e. The van der Waals surface area contributed by atoms with Crippen molar-refractivity contribution in [2.45, 2.75) is 0 Å². The minimum atomic E-state index is 0. The second-order valence-corrected chi connectivity index (χ2v) is 2.18. The molecule has 1 radical (unpaired) electrons. The van der Waals surface area contributed by atoms with Crippen molar-refractivity contribution in [3.8, 4) is 11.5 Å². The minimum absolute atomic E-state index is 0. The first-order valence-corrected chi connectivity index (χ1v) is 3.39. The maximum atomic E-state index is 9.45. The van der Waals surface area contributed by atoms with Gasteiger partial charge in [0.05, 0.1) is 13.3 Å². The van der Waals surface area contributed by atoms with Crippen LogP contribution < -0.4 is 35.4 Å². The SMILES string of the molecule is COc1cccc(C=NN)c1O.[Cl-].[Cl-].[Mn+2]. The Labute approximate surface area is 111 Å². The van der Waals surface area contributed by atoms with E-state index in [0.29, 0.717) is 11.3 Å². The third-order valence-electron chi connectivity index (χ3n) is 1.46. The Hall–Kier alpha value is -0.611. The first-order chi connectivity index (χ1) is 5.79. The Morgan fingerprint density at radius 1 is 1.40 bits per heavy atom. The number of nitrogens with zero attached hydrogens (tertiary/aromatic N) is 1. The molecule has 0 atom stereocenters. The molecule has 0 saturated carbocycles. The molecule has 3 N–H and O–H groups in total. The number of rotatable bonds is 2. The average molecular weight is 292 g/mol. The molecule has 0 bridgehead atoms. The predicted molar refractivity (Wildman–Crippen MR) is 46.4 cm³/mol. The van der Waals surface area contributed by atoms with Gasteiger partial charge in [-0.1, -0.05) is 6.07 Å². The van der Waals surface area contributed by atoms with Gasteiger partial charge in [-0.05, 0) is 12.1 Å². The fraction of sp³-hybridized carbons (Fsp3) is 0.125. The molecule has 0 saturated heterocycles. The number of para-hydroxylation sites is 1. The molecule has 0 aliphatic carbocycles. The van der Waals surface area contributed by atoms with Crippen molar-refractivity contribution >= 4 is 6.21 Å². The quantitative estimate of drug-likeness (QED) is 0.248. The van der Waals surface area contributed by atoms with E-state index in [0.717, 1.165) is 0 Å². The van der Waals surface area contributed by atoms with Crippen LogP contribution in [0.3, 0.4) is 0 Å². The molecule has 7 heteroatoms. The number of methoxy groups -OCH3 is 1.